The molecule has 2 N–H and O–H groups in total. The Hall–Kier alpha value is 1.07. The molecular formula is C5H11KO3. The van der Waals surface area contributed by atoms with E-state index in [1.807, 2.05) is 0 Å². The normalized spacial score (nSPS) is 10.1. The first-order valence-electron chi connectivity index (χ1n) is 2.35. The average molecular weight is 158 g/mol. The third kappa shape index (κ3) is 4.47. The third-order valence-electron chi connectivity index (χ3n) is 0.974. The Labute approximate surface area is 98.4 Å². The molecule has 0 amide bonds. The Balaban J connectivity index is -0.000000245. The van der Waals surface area contributed by atoms with Gasteiger partial charge in [-0.1, -0.05) is 0 Å². The molecule has 0 fully saturated rings. The second kappa shape index (κ2) is 4.82. The van der Waals surface area contributed by atoms with E-state index in [4.69, 9.17) is 10.2 Å². The molecule has 4 heteroatoms. The first-order chi connectivity index (χ1) is 3.50. The van der Waals surface area contributed by atoms with E-state index in [9.17, 15) is 4.79 Å². The van der Waals surface area contributed by atoms with Gasteiger partial charge in [-0.3, -0.25) is 4.79 Å². The van der Waals surface area contributed by atoms with Crippen LogP contribution in [-0.2, 0) is 4.79 Å². The monoisotopic (exact) mass is 158 g/mol. The molecule has 0 aromatic rings. The predicted octanol–water partition coefficient (Wildman–Crippen LogP) is -2.79. The van der Waals surface area contributed by atoms with Crippen LogP contribution in [0.4, 0.5) is 0 Å². The number of rotatable bonds is 2. The van der Waals surface area contributed by atoms with Crippen LogP contribution in [0.5, 0.6) is 0 Å². The molecule has 0 saturated carbocycles. The topological polar surface area (TPSA) is 57.5 Å². The summed E-state index contributed by atoms with van der Waals surface area (Å²) in [4.78, 5) is 10.1. The van der Waals surface area contributed by atoms with Crippen molar-refractivity contribution in [3.8, 4) is 0 Å². The van der Waals surface area contributed by atoms with Gasteiger partial charge in [-0.2, -0.15) is 0 Å². The zero-order chi connectivity index (χ0) is 6.78. The minimum absolute atomic E-state index is 0. The number of carboxylic acids is 1. The molecule has 0 aromatic heterocycles. The first kappa shape index (κ1) is 12.7. The van der Waals surface area contributed by atoms with Crippen molar-refractivity contribution in [3.63, 3.8) is 0 Å². The average Bonchev–Trinajstić information content (AvgIpc) is 1.67. The van der Waals surface area contributed by atoms with Gasteiger partial charge in [0, 0.05) is 0 Å². The number of aliphatic hydroxyl groups excluding tert-OH is 1. The van der Waals surface area contributed by atoms with Gasteiger partial charge in [-0.25, -0.2) is 0 Å². The number of aliphatic carboxylic acids is 1. The van der Waals surface area contributed by atoms with E-state index in [-0.39, 0.29) is 59.4 Å². The molecular weight excluding hydrogens is 147 g/mol. The fourth-order valence-electron chi connectivity index (χ4n) is 0.0676. The second-order valence-electron chi connectivity index (χ2n) is 2.35. The van der Waals surface area contributed by atoms with Gasteiger partial charge in [-0.05, 0) is 13.8 Å². The number of hydrogen-bond donors (Lipinski definition) is 2. The van der Waals surface area contributed by atoms with E-state index in [0.717, 1.165) is 0 Å². The maximum atomic E-state index is 10.1. The molecule has 0 atom stereocenters. The molecule has 0 saturated heterocycles. The van der Waals surface area contributed by atoms with Gasteiger partial charge in [0.25, 0.3) is 0 Å². The summed E-state index contributed by atoms with van der Waals surface area (Å²) >= 11 is 0. The van der Waals surface area contributed by atoms with Crippen LogP contribution in [0.25, 0.3) is 0 Å². The van der Waals surface area contributed by atoms with Crippen molar-refractivity contribution in [1.29, 1.82) is 0 Å². The molecule has 0 rings (SSSR count). The van der Waals surface area contributed by atoms with Crippen molar-refractivity contribution in [2.45, 2.75) is 13.8 Å². The summed E-state index contributed by atoms with van der Waals surface area (Å²) in [6, 6.07) is 0. The standard InChI is InChI=1S/C5H10O3.K.H/c1-5(2,3-6)4(7)8;;/h6H,3H2,1-2H3,(H,7,8);;/q;+1;-1. The maximum Gasteiger partial charge on any atom is 1.00 e. The summed E-state index contributed by atoms with van der Waals surface area (Å²) in [5.74, 6) is -0.972. The molecule has 0 aliphatic rings. The minimum Gasteiger partial charge on any atom is -1.00 e. The van der Waals surface area contributed by atoms with E-state index >= 15 is 0 Å². The van der Waals surface area contributed by atoms with Crippen LogP contribution in [0.15, 0.2) is 0 Å². The Morgan fingerprint density at radius 1 is 1.67 bits per heavy atom. The smallest absolute Gasteiger partial charge is 1.00 e. The van der Waals surface area contributed by atoms with Gasteiger partial charge < -0.3 is 11.6 Å². The van der Waals surface area contributed by atoms with Crippen molar-refractivity contribution in [3.05, 3.63) is 0 Å². The van der Waals surface area contributed by atoms with Gasteiger partial charge >= 0.3 is 57.4 Å². The van der Waals surface area contributed by atoms with Crippen LogP contribution < -0.4 is 51.4 Å². The van der Waals surface area contributed by atoms with Crippen LogP contribution in [0, 0.1) is 5.41 Å². The molecule has 0 bridgehead atoms. The molecule has 0 aliphatic carbocycles. The largest absolute Gasteiger partial charge is 1.00 e. The molecule has 50 valence electrons. The summed E-state index contributed by atoms with van der Waals surface area (Å²) in [6.07, 6.45) is 0. The van der Waals surface area contributed by atoms with Crippen LogP contribution in [0.1, 0.15) is 15.3 Å². The molecule has 0 spiro atoms. The number of carboxylic acid groups (broad SMARTS) is 1. The predicted molar refractivity (Wildman–Crippen MR) is 29.6 cm³/mol. The molecule has 3 nitrogen and oxygen atoms in total. The minimum atomic E-state index is -0.986. The summed E-state index contributed by atoms with van der Waals surface area (Å²) in [7, 11) is 0. The zero-order valence-corrected chi connectivity index (χ0v) is 9.13. The summed E-state index contributed by atoms with van der Waals surface area (Å²) in [5.41, 5.74) is -0.986. The van der Waals surface area contributed by atoms with Crippen LogP contribution in [0.3, 0.4) is 0 Å². The Morgan fingerprint density at radius 2 is 2.00 bits per heavy atom. The van der Waals surface area contributed by atoms with Gasteiger partial charge in [0.2, 0.25) is 0 Å². The van der Waals surface area contributed by atoms with E-state index in [0.29, 0.717) is 0 Å². The molecule has 0 aromatic carbocycles. The quantitative estimate of drug-likeness (QED) is 0.427. The number of aliphatic hydroxyl groups is 1. The van der Waals surface area contributed by atoms with E-state index in [2.05, 4.69) is 0 Å². The SMILES string of the molecule is CC(C)(CO)C(=O)O.[H-].[K+]. The van der Waals surface area contributed by atoms with Crippen molar-refractivity contribution in [2.24, 2.45) is 5.41 Å². The summed E-state index contributed by atoms with van der Waals surface area (Å²) in [6.45, 7) is 2.62. The first-order valence-corrected chi connectivity index (χ1v) is 2.35. The zero-order valence-electron chi connectivity index (χ0n) is 7.01. The van der Waals surface area contributed by atoms with Crippen molar-refractivity contribution >= 4 is 5.97 Å². The van der Waals surface area contributed by atoms with E-state index < -0.39 is 11.4 Å². The van der Waals surface area contributed by atoms with Crippen LogP contribution in [-0.4, -0.2) is 22.8 Å². The molecule has 0 radical (unpaired) electrons. The van der Waals surface area contributed by atoms with Gasteiger partial charge in [-0.15, -0.1) is 0 Å². The van der Waals surface area contributed by atoms with Gasteiger partial charge in [0.1, 0.15) is 0 Å². The summed E-state index contributed by atoms with van der Waals surface area (Å²) in [5, 5.41) is 16.7. The fraction of sp³-hybridized carbons (Fsp3) is 0.800. The maximum absolute atomic E-state index is 10.1. The number of hydrogen-bond acceptors (Lipinski definition) is 2. The summed E-state index contributed by atoms with van der Waals surface area (Å²) < 4.78 is 0. The fourth-order valence-corrected chi connectivity index (χ4v) is 0.0676. The van der Waals surface area contributed by atoms with Crippen molar-refractivity contribution in [1.82, 2.24) is 0 Å². The molecule has 0 heterocycles. The van der Waals surface area contributed by atoms with Crippen molar-refractivity contribution in [2.75, 3.05) is 6.61 Å². The van der Waals surface area contributed by atoms with Crippen molar-refractivity contribution < 1.29 is 67.8 Å². The molecule has 0 unspecified atom stereocenters. The van der Waals surface area contributed by atoms with Gasteiger partial charge in [0.05, 0.1) is 12.0 Å². The number of carbonyl (C=O) groups is 1. The molecule has 0 aliphatic heterocycles. The Bertz CT molecular complexity index is 105. The van der Waals surface area contributed by atoms with E-state index in [1.54, 1.807) is 0 Å². The Morgan fingerprint density at radius 3 is 2.00 bits per heavy atom. The second-order valence-corrected chi connectivity index (χ2v) is 2.35. The van der Waals surface area contributed by atoms with Crippen LogP contribution in [0.2, 0.25) is 0 Å². The third-order valence-corrected chi connectivity index (χ3v) is 0.974. The van der Waals surface area contributed by atoms with Gasteiger partial charge in [0.15, 0.2) is 0 Å². The molecule has 9 heavy (non-hydrogen) atoms. The van der Waals surface area contributed by atoms with Crippen LogP contribution >= 0.6 is 0 Å². The van der Waals surface area contributed by atoms with E-state index in [1.165, 1.54) is 13.8 Å². The Kier molecular flexibility index (Phi) is 6.81.